The monoisotopic (exact) mass is 433 g/mol. The van der Waals surface area contributed by atoms with E-state index in [9.17, 15) is 9.59 Å². The topological polar surface area (TPSA) is 99.2 Å². The van der Waals surface area contributed by atoms with E-state index in [1.165, 1.54) is 26.4 Å². The molecule has 0 aliphatic carbocycles. The van der Waals surface area contributed by atoms with E-state index >= 15 is 0 Å². The molecule has 2 aliphatic rings. The lowest BCUT2D eigenvalue weighted by molar-refractivity contribution is -0.00461. The maximum Gasteiger partial charge on any atom is 0.338 e. The van der Waals surface area contributed by atoms with Crippen molar-refractivity contribution < 1.29 is 28.5 Å². The lowest BCUT2D eigenvalue weighted by Gasteiger charge is -2.19. The highest BCUT2D eigenvalue weighted by Gasteiger charge is 2.38. The normalized spacial score (nSPS) is 21.6. The summed E-state index contributed by atoms with van der Waals surface area (Å²) in [6, 6.07) is 4.27. The van der Waals surface area contributed by atoms with Gasteiger partial charge in [-0.25, -0.2) is 9.78 Å². The highest BCUT2D eigenvalue weighted by atomic mass is 32.1. The number of esters is 1. The summed E-state index contributed by atoms with van der Waals surface area (Å²) in [4.78, 5) is 31.1. The van der Waals surface area contributed by atoms with E-state index in [0.29, 0.717) is 37.6 Å². The van der Waals surface area contributed by atoms with E-state index in [2.05, 4.69) is 15.2 Å². The Morgan fingerprint density at radius 1 is 1.13 bits per heavy atom. The van der Waals surface area contributed by atoms with Gasteiger partial charge in [0.05, 0.1) is 39.0 Å². The van der Waals surface area contributed by atoms with Crippen molar-refractivity contribution in [2.75, 3.05) is 45.4 Å². The largest absolute Gasteiger partial charge is 0.497 e. The highest BCUT2D eigenvalue weighted by Crippen LogP contribution is 2.27. The van der Waals surface area contributed by atoms with Gasteiger partial charge >= 0.3 is 5.97 Å². The van der Waals surface area contributed by atoms with E-state index in [1.54, 1.807) is 23.6 Å². The number of nitrogens with one attached hydrogen (secondary N) is 1. The van der Waals surface area contributed by atoms with Crippen molar-refractivity contribution in [3.8, 4) is 5.75 Å². The number of ether oxygens (including phenoxy) is 4. The van der Waals surface area contributed by atoms with Gasteiger partial charge in [0, 0.05) is 30.2 Å². The quantitative estimate of drug-likeness (QED) is 0.706. The predicted molar refractivity (Wildman–Crippen MR) is 109 cm³/mol. The van der Waals surface area contributed by atoms with Crippen molar-refractivity contribution in [3.05, 3.63) is 40.9 Å². The minimum Gasteiger partial charge on any atom is -0.497 e. The van der Waals surface area contributed by atoms with Gasteiger partial charge in [-0.2, -0.15) is 0 Å². The van der Waals surface area contributed by atoms with Crippen LogP contribution in [0.3, 0.4) is 0 Å². The lowest BCUT2D eigenvalue weighted by Crippen LogP contribution is -2.41. The summed E-state index contributed by atoms with van der Waals surface area (Å²) in [7, 11) is 2.76. The third-order valence-electron chi connectivity index (χ3n) is 5.09. The molecule has 2 aromatic rings. The van der Waals surface area contributed by atoms with Gasteiger partial charge in [0.15, 0.2) is 5.13 Å². The van der Waals surface area contributed by atoms with Crippen LogP contribution in [-0.4, -0.2) is 75.6 Å². The van der Waals surface area contributed by atoms with Crippen LogP contribution in [0.4, 0.5) is 5.13 Å². The molecule has 1 aromatic heterocycles. The van der Waals surface area contributed by atoms with E-state index < -0.39 is 5.97 Å². The zero-order valence-electron chi connectivity index (χ0n) is 16.7. The first-order valence-corrected chi connectivity index (χ1v) is 10.4. The number of carbonyl (C=O) groups is 2. The molecule has 1 aromatic carbocycles. The number of methoxy groups -OCH3 is 2. The summed E-state index contributed by atoms with van der Waals surface area (Å²) in [5, 5.41) is 5.82. The van der Waals surface area contributed by atoms with Gasteiger partial charge < -0.3 is 29.2 Å². The Morgan fingerprint density at radius 3 is 2.43 bits per heavy atom. The number of carbonyl (C=O) groups excluding carboxylic acids is 2. The summed E-state index contributed by atoms with van der Waals surface area (Å²) in [5.41, 5.74) is 0.543. The van der Waals surface area contributed by atoms with Crippen LogP contribution in [-0.2, 0) is 14.2 Å². The maximum absolute atomic E-state index is 12.8. The van der Waals surface area contributed by atoms with E-state index in [4.69, 9.17) is 18.9 Å². The fourth-order valence-corrected chi connectivity index (χ4v) is 4.22. The molecule has 30 heavy (non-hydrogen) atoms. The number of hydrogen-bond acceptors (Lipinski definition) is 9. The lowest BCUT2D eigenvalue weighted by atomic mass is 10.1. The molecular weight excluding hydrogens is 410 g/mol. The van der Waals surface area contributed by atoms with Gasteiger partial charge in [0.2, 0.25) is 0 Å². The first-order chi connectivity index (χ1) is 14.6. The minimum atomic E-state index is -0.540. The van der Waals surface area contributed by atoms with Gasteiger partial charge in [0.1, 0.15) is 18.0 Å². The Bertz CT molecular complexity index is 890. The molecule has 2 aliphatic heterocycles. The molecule has 2 fully saturated rings. The second-order valence-electron chi connectivity index (χ2n) is 7.08. The number of amides is 1. The SMILES string of the molecule is COC(=O)c1cc(OC)cc(C(=O)NC2CO[C@H]3CN(c4nccs4)C[C@@H]3OC2)c1. The Labute approximate surface area is 177 Å². The number of anilines is 1. The van der Waals surface area contributed by atoms with Crippen LogP contribution in [0.25, 0.3) is 0 Å². The van der Waals surface area contributed by atoms with E-state index in [1.807, 2.05) is 5.38 Å². The molecule has 0 spiro atoms. The Hall–Kier alpha value is -2.69. The molecule has 4 rings (SSSR count). The van der Waals surface area contributed by atoms with Gasteiger partial charge in [-0.1, -0.05) is 0 Å². The first kappa shape index (κ1) is 20.6. The molecule has 0 bridgehead atoms. The molecule has 10 heteroatoms. The number of thiazole rings is 1. The average molecular weight is 433 g/mol. The number of fused-ring (bicyclic) bond motifs is 1. The Balaban J connectivity index is 1.38. The number of aromatic nitrogens is 1. The van der Waals surface area contributed by atoms with Crippen LogP contribution in [0.1, 0.15) is 20.7 Å². The highest BCUT2D eigenvalue weighted by molar-refractivity contribution is 7.13. The molecular formula is C20H23N3O6S. The van der Waals surface area contributed by atoms with Crippen molar-refractivity contribution in [2.24, 2.45) is 0 Å². The molecule has 0 saturated carbocycles. The molecule has 1 amide bonds. The van der Waals surface area contributed by atoms with Crippen molar-refractivity contribution >= 4 is 28.3 Å². The van der Waals surface area contributed by atoms with Gasteiger partial charge in [-0.15, -0.1) is 11.3 Å². The maximum atomic E-state index is 12.8. The fourth-order valence-electron chi connectivity index (χ4n) is 3.56. The van der Waals surface area contributed by atoms with E-state index in [-0.39, 0.29) is 29.7 Å². The molecule has 9 nitrogen and oxygen atoms in total. The number of nitrogens with zero attached hydrogens (tertiary/aromatic N) is 2. The second-order valence-corrected chi connectivity index (χ2v) is 7.95. The van der Waals surface area contributed by atoms with Crippen LogP contribution in [0.5, 0.6) is 5.75 Å². The molecule has 0 unspecified atom stereocenters. The molecule has 2 saturated heterocycles. The third-order valence-corrected chi connectivity index (χ3v) is 5.92. The van der Waals surface area contributed by atoms with Crippen LogP contribution < -0.4 is 15.0 Å². The smallest absolute Gasteiger partial charge is 0.338 e. The summed E-state index contributed by atoms with van der Waals surface area (Å²) in [6.07, 6.45) is 1.64. The summed E-state index contributed by atoms with van der Waals surface area (Å²) in [6.45, 7) is 2.09. The number of hydrogen-bond donors (Lipinski definition) is 1. The Kier molecular flexibility index (Phi) is 6.16. The predicted octanol–water partition coefficient (Wildman–Crippen LogP) is 1.34. The van der Waals surface area contributed by atoms with E-state index in [0.717, 1.165) is 5.13 Å². The summed E-state index contributed by atoms with van der Waals surface area (Å²) in [5.74, 6) is -0.484. The second kappa shape index (κ2) is 8.99. The molecule has 2 atom stereocenters. The van der Waals surface area contributed by atoms with Crippen molar-refractivity contribution in [3.63, 3.8) is 0 Å². The number of rotatable bonds is 5. The first-order valence-electron chi connectivity index (χ1n) is 9.53. The van der Waals surface area contributed by atoms with Crippen LogP contribution in [0.15, 0.2) is 29.8 Å². The van der Waals surface area contributed by atoms with Gasteiger partial charge in [-0.3, -0.25) is 4.79 Å². The van der Waals surface area contributed by atoms with Crippen LogP contribution in [0, 0.1) is 0 Å². The van der Waals surface area contributed by atoms with Crippen molar-refractivity contribution in [2.45, 2.75) is 18.2 Å². The van der Waals surface area contributed by atoms with Crippen molar-refractivity contribution in [1.29, 1.82) is 0 Å². The zero-order valence-corrected chi connectivity index (χ0v) is 17.5. The minimum absolute atomic E-state index is 0.0708. The summed E-state index contributed by atoms with van der Waals surface area (Å²) >= 11 is 1.59. The Morgan fingerprint density at radius 2 is 1.83 bits per heavy atom. The molecule has 0 radical (unpaired) electrons. The average Bonchev–Trinajstić information content (AvgIpc) is 3.41. The van der Waals surface area contributed by atoms with Crippen LogP contribution in [0.2, 0.25) is 0 Å². The summed E-state index contributed by atoms with van der Waals surface area (Å²) < 4.78 is 22.0. The van der Waals surface area contributed by atoms with Gasteiger partial charge in [0.25, 0.3) is 5.91 Å². The fraction of sp³-hybridized carbons (Fsp3) is 0.450. The zero-order chi connectivity index (χ0) is 21.1. The van der Waals surface area contributed by atoms with Crippen LogP contribution >= 0.6 is 11.3 Å². The molecule has 1 N–H and O–H groups in total. The third kappa shape index (κ3) is 4.40. The van der Waals surface area contributed by atoms with Crippen molar-refractivity contribution in [1.82, 2.24) is 10.3 Å². The molecule has 160 valence electrons. The standard InChI is InChI=1S/C20H23N3O6S/c1-26-15-6-12(5-13(7-15)19(25)27-2)18(24)22-14-10-28-16-8-23(9-17(16)29-11-14)20-21-3-4-30-20/h3-7,14,16-17H,8-11H2,1-2H3,(H,22,24)/t16-,17-/m0/s1. The van der Waals surface area contributed by atoms with Gasteiger partial charge in [-0.05, 0) is 18.2 Å². The number of benzene rings is 1. The molecule has 3 heterocycles.